The first-order chi connectivity index (χ1) is 12.3. The lowest BCUT2D eigenvalue weighted by Crippen LogP contribution is -2.43. The number of carbonyl (C=O) groups is 3. The molecule has 0 fully saturated rings. The maximum absolute atomic E-state index is 12.0. The van der Waals surface area contributed by atoms with Gasteiger partial charge in [-0.2, -0.15) is 0 Å². The van der Waals surface area contributed by atoms with Crippen LogP contribution in [0, 0.1) is 0 Å². The number of nitrogens with zero attached hydrogens (tertiary/aromatic N) is 1. The second kappa shape index (κ2) is 11.3. The van der Waals surface area contributed by atoms with Crippen LogP contribution in [0.3, 0.4) is 0 Å². The molecule has 0 aromatic heterocycles. The van der Waals surface area contributed by atoms with Crippen LogP contribution in [0.1, 0.15) is 38.7 Å². The molecule has 0 bridgehead atoms. The summed E-state index contributed by atoms with van der Waals surface area (Å²) in [4.78, 5) is 36.4. The fraction of sp³-hybridized carbons (Fsp3) is 0.526. The minimum atomic E-state index is -1.08. The van der Waals surface area contributed by atoms with Crippen LogP contribution in [0.15, 0.2) is 24.3 Å². The van der Waals surface area contributed by atoms with Gasteiger partial charge < -0.3 is 20.1 Å². The number of carboxylic acid groups (broad SMARTS) is 1. The van der Waals surface area contributed by atoms with E-state index in [2.05, 4.69) is 17.1 Å². The van der Waals surface area contributed by atoms with Crippen molar-refractivity contribution in [2.24, 2.45) is 0 Å². The summed E-state index contributed by atoms with van der Waals surface area (Å²) < 4.78 is 4.94. The van der Waals surface area contributed by atoms with E-state index in [9.17, 15) is 19.5 Å². The van der Waals surface area contributed by atoms with E-state index >= 15 is 0 Å². The van der Waals surface area contributed by atoms with E-state index in [1.54, 1.807) is 24.3 Å². The van der Waals surface area contributed by atoms with Gasteiger partial charge in [0, 0.05) is 26.3 Å². The Morgan fingerprint density at radius 1 is 1.19 bits per heavy atom. The van der Waals surface area contributed by atoms with E-state index in [0.717, 1.165) is 24.9 Å². The number of amides is 1. The van der Waals surface area contributed by atoms with Crippen LogP contribution in [0.4, 0.5) is 0 Å². The molecule has 0 aliphatic heterocycles. The summed E-state index contributed by atoms with van der Waals surface area (Å²) in [5, 5.41) is 11.9. The molecule has 1 aromatic carbocycles. The highest BCUT2D eigenvalue weighted by Crippen LogP contribution is 2.14. The van der Waals surface area contributed by atoms with E-state index < -0.39 is 18.0 Å². The first-order valence-electron chi connectivity index (χ1n) is 8.80. The van der Waals surface area contributed by atoms with Crippen molar-refractivity contribution < 1.29 is 24.2 Å². The number of nitrogens with one attached hydrogen (secondary N) is 1. The second-order valence-corrected chi connectivity index (χ2v) is 6.31. The van der Waals surface area contributed by atoms with Crippen LogP contribution in [-0.2, 0) is 20.8 Å². The minimum Gasteiger partial charge on any atom is -0.480 e. The lowest BCUT2D eigenvalue weighted by molar-refractivity contribution is -0.141. The molecule has 7 heteroatoms. The highest BCUT2D eigenvalue weighted by Gasteiger charge is 2.20. The third-order valence-corrected chi connectivity index (χ3v) is 3.87. The molecule has 0 saturated heterocycles. The molecule has 0 aliphatic carbocycles. The molecule has 7 nitrogen and oxygen atoms in total. The van der Waals surface area contributed by atoms with Gasteiger partial charge in [0.25, 0.3) is 0 Å². The number of unbranched alkanes of at least 4 members (excludes halogenated alkanes) is 1. The van der Waals surface area contributed by atoms with Gasteiger partial charge in [-0.25, -0.2) is 4.79 Å². The average molecular weight is 364 g/mol. The standard InChI is InChI=1S/C19H28N2O5/c1-4-5-11-21(3)12-10-18(23)20-17(19(24)25)13-15-6-8-16(9-7-15)26-14(2)22/h6-9,17H,4-5,10-13H2,1-3H3,(H,20,23)(H,24,25). The molecule has 1 aromatic rings. The Labute approximate surface area is 154 Å². The molecule has 0 aliphatic rings. The zero-order chi connectivity index (χ0) is 19.5. The summed E-state index contributed by atoms with van der Waals surface area (Å²) in [6.45, 7) is 4.93. The maximum atomic E-state index is 12.0. The van der Waals surface area contributed by atoms with E-state index in [0.29, 0.717) is 12.3 Å². The van der Waals surface area contributed by atoms with Crippen LogP contribution < -0.4 is 10.1 Å². The number of benzene rings is 1. The maximum Gasteiger partial charge on any atom is 0.326 e. The van der Waals surface area contributed by atoms with E-state index in [1.165, 1.54) is 6.92 Å². The molecule has 0 saturated carbocycles. The molecule has 0 heterocycles. The molecule has 1 amide bonds. The van der Waals surface area contributed by atoms with Gasteiger partial charge in [0.2, 0.25) is 5.91 Å². The lowest BCUT2D eigenvalue weighted by Gasteiger charge is -2.18. The molecular weight excluding hydrogens is 336 g/mol. The first-order valence-corrected chi connectivity index (χ1v) is 8.80. The molecule has 26 heavy (non-hydrogen) atoms. The number of hydrogen-bond acceptors (Lipinski definition) is 5. The summed E-state index contributed by atoms with van der Waals surface area (Å²) in [5.74, 6) is -1.39. The Bertz CT molecular complexity index is 600. The molecule has 1 unspecified atom stereocenters. The third-order valence-electron chi connectivity index (χ3n) is 3.87. The lowest BCUT2D eigenvalue weighted by atomic mass is 10.1. The predicted octanol–water partition coefficient (Wildman–Crippen LogP) is 1.85. The van der Waals surface area contributed by atoms with Gasteiger partial charge in [0.05, 0.1) is 0 Å². The van der Waals surface area contributed by atoms with Crippen molar-refractivity contribution in [3.05, 3.63) is 29.8 Å². The average Bonchev–Trinajstić information content (AvgIpc) is 2.58. The topological polar surface area (TPSA) is 95.9 Å². The summed E-state index contributed by atoms with van der Waals surface area (Å²) in [6, 6.07) is 5.56. The normalized spacial score (nSPS) is 11.8. The fourth-order valence-corrected chi connectivity index (χ4v) is 2.39. The Balaban J connectivity index is 2.54. The van der Waals surface area contributed by atoms with E-state index in [-0.39, 0.29) is 18.7 Å². The van der Waals surface area contributed by atoms with Gasteiger partial charge in [-0.05, 0) is 37.7 Å². The summed E-state index contributed by atoms with van der Waals surface area (Å²) in [6.07, 6.45) is 2.58. The van der Waals surface area contributed by atoms with Crippen LogP contribution in [0.2, 0.25) is 0 Å². The molecule has 2 N–H and O–H groups in total. The Morgan fingerprint density at radius 2 is 1.85 bits per heavy atom. The monoisotopic (exact) mass is 364 g/mol. The van der Waals surface area contributed by atoms with Crippen molar-refractivity contribution >= 4 is 17.8 Å². The fourth-order valence-electron chi connectivity index (χ4n) is 2.39. The number of carboxylic acids is 1. The van der Waals surface area contributed by atoms with Gasteiger partial charge in [-0.15, -0.1) is 0 Å². The highest BCUT2D eigenvalue weighted by atomic mass is 16.5. The quantitative estimate of drug-likeness (QED) is 0.459. The van der Waals surface area contributed by atoms with Crippen molar-refractivity contribution in [3.63, 3.8) is 0 Å². The number of hydrogen-bond donors (Lipinski definition) is 2. The van der Waals surface area contributed by atoms with Crippen molar-refractivity contribution in [3.8, 4) is 5.75 Å². The van der Waals surface area contributed by atoms with Crippen molar-refractivity contribution in [2.75, 3.05) is 20.1 Å². The zero-order valence-corrected chi connectivity index (χ0v) is 15.7. The highest BCUT2D eigenvalue weighted by molar-refractivity contribution is 5.83. The van der Waals surface area contributed by atoms with Gasteiger partial charge in [0.1, 0.15) is 11.8 Å². The van der Waals surface area contributed by atoms with Crippen molar-refractivity contribution in [1.29, 1.82) is 0 Å². The predicted molar refractivity (Wildman–Crippen MR) is 98.0 cm³/mol. The van der Waals surface area contributed by atoms with Gasteiger partial charge in [0.15, 0.2) is 0 Å². The smallest absolute Gasteiger partial charge is 0.326 e. The Hall–Kier alpha value is -2.41. The van der Waals surface area contributed by atoms with Crippen LogP contribution >= 0.6 is 0 Å². The largest absolute Gasteiger partial charge is 0.480 e. The Morgan fingerprint density at radius 3 is 2.38 bits per heavy atom. The first kappa shape index (κ1) is 21.6. The van der Waals surface area contributed by atoms with Crippen LogP contribution in [0.25, 0.3) is 0 Å². The SMILES string of the molecule is CCCCN(C)CCC(=O)NC(Cc1ccc(OC(C)=O)cc1)C(=O)O. The molecule has 144 valence electrons. The molecule has 1 rings (SSSR count). The number of rotatable bonds is 11. The zero-order valence-electron chi connectivity index (χ0n) is 15.7. The number of carbonyl (C=O) groups excluding carboxylic acids is 2. The van der Waals surface area contributed by atoms with E-state index in [1.807, 2.05) is 7.05 Å². The van der Waals surface area contributed by atoms with Gasteiger partial charge >= 0.3 is 11.9 Å². The summed E-state index contributed by atoms with van der Waals surface area (Å²) in [5.41, 5.74) is 0.730. The van der Waals surface area contributed by atoms with Crippen LogP contribution in [0.5, 0.6) is 5.75 Å². The number of aliphatic carboxylic acids is 1. The summed E-state index contributed by atoms with van der Waals surface area (Å²) >= 11 is 0. The number of ether oxygens (including phenoxy) is 1. The van der Waals surface area contributed by atoms with Crippen molar-refractivity contribution in [2.45, 2.75) is 45.6 Å². The minimum absolute atomic E-state index is 0.160. The molecule has 0 spiro atoms. The van der Waals surface area contributed by atoms with Crippen LogP contribution in [-0.4, -0.2) is 54.0 Å². The molecular formula is C19H28N2O5. The Kier molecular flexibility index (Phi) is 9.36. The molecule has 0 radical (unpaired) electrons. The molecule has 1 atom stereocenters. The van der Waals surface area contributed by atoms with Gasteiger partial charge in [-0.3, -0.25) is 9.59 Å². The third kappa shape index (κ3) is 8.62. The van der Waals surface area contributed by atoms with E-state index in [4.69, 9.17) is 4.74 Å². The second-order valence-electron chi connectivity index (χ2n) is 6.31. The summed E-state index contributed by atoms with van der Waals surface area (Å²) in [7, 11) is 1.95. The number of esters is 1. The van der Waals surface area contributed by atoms with Crippen molar-refractivity contribution in [1.82, 2.24) is 10.2 Å². The van der Waals surface area contributed by atoms with Gasteiger partial charge in [-0.1, -0.05) is 25.5 Å².